The molecule has 2 amide bonds. The third-order valence-electron chi connectivity index (χ3n) is 4.33. The topological polar surface area (TPSA) is 118 Å². The molecule has 154 valence electrons. The minimum absolute atomic E-state index is 0.125. The highest BCUT2D eigenvalue weighted by atomic mass is 16.4. The standard InChI is InChI=1S/C21H25N3O5/c1-3-4-5-17(21(28)29)23-20(27)15-7-9-16(10-8-15)22-18(25)13-24-12-14(2)6-11-19(24)26/h6-12,17H,3-5,13H2,1-2H3,(H,22,25)(H,23,27)(H,28,29). The van der Waals surface area contributed by atoms with E-state index in [1.807, 2.05) is 13.8 Å². The fourth-order valence-electron chi connectivity index (χ4n) is 2.74. The highest BCUT2D eigenvalue weighted by Gasteiger charge is 2.20. The number of hydrogen-bond donors (Lipinski definition) is 3. The van der Waals surface area contributed by atoms with E-state index in [4.69, 9.17) is 0 Å². The molecule has 1 atom stereocenters. The number of aryl methyl sites for hydroxylation is 1. The van der Waals surface area contributed by atoms with Gasteiger partial charge in [0, 0.05) is 23.5 Å². The normalized spacial score (nSPS) is 11.5. The molecule has 8 heteroatoms. The van der Waals surface area contributed by atoms with Gasteiger partial charge in [0.15, 0.2) is 0 Å². The largest absolute Gasteiger partial charge is 0.480 e. The van der Waals surface area contributed by atoms with Crippen molar-refractivity contribution in [2.45, 2.75) is 45.7 Å². The van der Waals surface area contributed by atoms with E-state index in [-0.39, 0.29) is 18.0 Å². The Hall–Kier alpha value is -3.42. The fourth-order valence-corrected chi connectivity index (χ4v) is 2.74. The number of nitrogens with zero attached hydrogens (tertiary/aromatic N) is 1. The number of pyridine rings is 1. The van der Waals surface area contributed by atoms with E-state index in [2.05, 4.69) is 10.6 Å². The van der Waals surface area contributed by atoms with E-state index < -0.39 is 17.9 Å². The van der Waals surface area contributed by atoms with E-state index in [1.165, 1.54) is 22.8 Å². The summed E-state index contributed by atoms with van der Waals surface area (Å²) in [5, 5.41) is 14.4. The van der Waals surface area contributed by atoms with Crippen molar-refractivity contribution in [2.75, 3.05) is 5.32 Å². The van der Waals surface area contributed by atoms with Gasteiger partial charge in [-0.05, 0) is 43.2 Å². The summed E-state index contributed by atoms with van der Waals surface area (Å²) in [7, 11) is 0. The molecular formula is C21H25N3O5. The number of benzene rings is 1. The highest BCUT2D eigenvalue weighted by molar-refractivity contribution is 5.97. The van der Waals surface area contributed by atoms with Crippen LogP contribution in [-0.4, -0.2) is 33.5 Å². The van der Waals surface area contributed by atoms with Crippen LogP contribution in [-0.2, 0) is 16.1 Å². The molecule has 0 aliphatic heterocycles. The van der Waals surface area contributed by atoms with Gasteiger partial charge in [0.25, 0.3) is 11.5 Å². The van der Waals surface area contributed by atoms with Crippen LogP contribution >= 0.6 is 0 Å². The van der Waals surface area contributed by atoms with Crippen LogP contribution in [0.15, 0.2) is 47.4 Å². The molecule has 0 bridgehead atoms. The second kappa shape index (κ2) is 10.2. The van der Waals surface area contributed by atoms with Gasteiger partial charge in [0.2, 0.25) is 5.91 Å². The Balaban J connectivity index is 1.97. The predicted octanol–water partition coefficient (Wildman–Crippen LogP) is 2.17. The molecule has 0 saturated carbocycles. The number of hydrogen-bond acceptors (Lipinski definition) is 4. The first-order chi connectivity index (χ1) is 13.8. The summed E-state index contributed by atoms with van der Waals surface area (Å²) in [4.78, 5) is 47.5. The van der Waals surface area contributed by atoms with Gasteiger partial charge in [-0.1, -0.05) is 25.8 Å². The first-order valence-electron chi connectivity index (χ1n) is 9.41. The lowest BCUT2D eigenvalue weighted by molar-refractivity contribution is -0.139. The van der Waals surface area contributed by atoms with E-state index in [9.17, 15) is 24.3 Å². The summed E-state index contributed by atoms with van der Waals surface area (Å²) in [6.07, 6.45) is 3.51. The van der Waals surface area contributed by atoms with Crippen molar-refractivity contribution in [1.29, 1.82) is 0 Å². The number of amides is 2. The number of carbonyl (C=O) groups excluding carboxylic acids is 2. The third kappa shape index (κ3) is 6.60. The maximum atomic E-state index is 12.3. The molecule has 0 fully saturated rings. The van der Waals surface area contributed by atoms with Crippen LogP contribution in [0.25, 0.3) is 0 Å². The van der Waals surface area contributed by atoms with Gasteiger partial charge >= 0.3 is 5.97 Å². The maximum absolute atomic E-state index is 12.3. The maximum Gasteiger partial charge on any atom is 0.326 e. The smallest absolute Gasteiger partial charge is 0.326 e. The molecule has 8 nitrogen and oxygen atoms in total. The first kappa shape index (κ1) is 21.9. The Morgan fingerprint density at radius 2 is 1.79 bits per heavy atom. The zero-order chi connectivity index (χ0) is 21.4. The van der Waals surface area contributed by atoms with Crippen LogP contribution in [0.2, 0.25) is 0 Å². The van der Waals surface area contributed by atoms with Crippen molar-refractivity contribution in [3.63, 3.8) is 0 Å². The Labute approximate surface area is 168 Å². The number of nitrogens with one attached hydrogen (secondary N) is 2. The van der Waals surface area contributed by atoms with E-state index in [1.54, 1.807) is 24.4 Å². The molecule has 2 rings (SSSR count). The summed E-state index contributed by atoms with van der Waals surface area (Å²) in [6.45, 7) is 3.65. The van der Waals surface area contributed by atoms with Crippen LogP contribution in [0.3, 0.4) is 0 Å². The summed E-state index contributed by atoms with van der Waals surface area (Å²) in [5.74, 6) is -1.93. The van der Waals surface area contributed by atoms with Gasteiger partial charge < -0.3 is 20.3 Å². The predicted molar refractivity (Wildman–Crippen MR) is 109 cm³/mol. The number of carbonyl (C=O) groups is 3. The number of rotatable bonds is 9. The monoisotopic (exact) mass is 399 g/mol. The molecule has 1 heterocycles. The molecular weight excluding hydrogens is 374 g/mol. The number of carboxylic acid groups (broad SMARTS) is 1. The quantitative estimate of drug-likeness (QED) is 0.597. The fraction of sp³-hybridized carbons (Fsp3) is 0.333. The zero-order valence-electron chi connectivity index (χ0n) is 16.5. The molecule has 0 saturated heterocycles. The minimum Gasteiger partial charge on any atom is -0.480 e. The number of aliphatic carboxylic acids is 1. The molecule has 0 radical (unpaired) electrons. The average molecular weight is 399 g/mol. The van der Waals surface area contributed by atoms with Crippen molar-refractivity contribution >= 4 is 23.5 Å². The second-order valence-electron chi connectivity index (χ2n) is 6.80. The zero-order valence-corrected chi connectivity index (χ0v) is 16.5. The Kier molecular flexibility index (Phi) is 7.70. The van der Waals surface area contributed by atoms with Gasteiger partial charge in [0.1, 0.15) is 12.6 Å². The van der Waals surface area contributed by atoms with Gasteiger partial charge in [-0.2, -0.15) is 0 Å². The molecule has 0 aliphatic rings. The summed E-state index contributed by atoms with van der Waals surface area (Å²) in [5.41, 5.74) is 1.36. The second-order valence-corrected chi connectivity index (χ2v) is 6.80. The molecule has 3 N–H and O–H groups in total. The molecule has 1 aromatic heterocycles. The number of anilines is 1. The van der Waals surface area contributed by atoms with E-state index in [0.29, 0.717) is 24.1 Å². The van der Waals surface area contributed by atoms with Crippen LogP contribution in [0, 0.1) is 6.92 Å². The molecule has 2 aromatic rings. The number of unbranched alkanes of at least 4 members (excludes halogenated alkanes) is 1. The third-order valence-corrected chi connectivity index (χ3v) is 4.33. The molecule has 0 aliphatic carbocycles. The molecule has 29 heavy (non-hydrogen) atoms. The molecule has 1 unspecified atom stereocenters. The van der Waals surface area contributed by atoms with Gasteiger partial charge in [-0.15, -0.1) is 0 Å². The van der Waals surface area contributed by atoms with Crippen molar-refractivity contribution < 1.29 is 19.5 Å². The SMILES string of the molecule is CCCCC(NC(=O)c1ccc(NC(=O)Cn2cc(C)ccc2=O)cc1)C(=O)O. The van der Waals surface area contributed by atoms with Gasteiger partial charge in [0.05, 0.1) is 0 Å². The average Bonchev–Trinajstić information content (AvgIpc) is 2.68. The van der Waals surface area contributed by atoms with Crippen molar-refractivity contribution in [3.05, 3.63) is 64.1 Å². The molecule has 0 spiro atoms. The van der Waals surface area contributed by atoms with E-state index >= 15 is 0 Å². The first-order valence-corrected chi connectivity index (χ1v) is 9.41. The minimum atomic E-state index is -1.07. The van der Waals surface area contributed by atoms with E-state index in [0.717, 1.165) is 12.0 Å². The Morgan fingerprint density at radius 3 is 2.41 bits per heavy atom. The lowest BCUT2D eigenvalue weighted by atomic mass is 10.1. The molecule has 1 aromatic carbocycles. The van der Waals surface area contributed by atoms with Crippen LogP contribution in [0.5, 0.6) is 0 Å². The van der Waals surface area contributed by atoms with Gasteiger partial charge in [-0.25, -0.2) is 4.79 Å². The van der Waals surface area contributed by atoms with Crippen LogP contribution in [0.1, 0.15) is 42.1 Å². The summed E-state index contributed by atoms with van der Waals surface area (Å²) < 4.78 is 1.31. The Morgan fingerprint density at radius 1 is 1.10 bits per heavy atom. The summed E-state index contributed by atoms with van der Waals surface area (Å²) >= 11 is 0. The van der Waals surface area contributed by atoms with Crippen molar-refractivity contribution in [3.8, 4) is 0 Å². The number of aromatic nitrogens is 1. The van der Waals surface area contributed by atoms with Crippen molar-refractivity contribution in [1.82, 2.24) is 9.88 Å². The highest BCUT2D eigenvalue weighted by Crippen LogP contribution is 2.11. The lowest BCUT2D eigenvalue weighted by Crippen LogP contribution is -2.40. The van der Waals surface area contributed by atoms with Gasteiger partial charge in [-0.3, -0.25) is 14.4 Å². The van der Waals surface area contributed by atoms with Crippen LogP contribution < -0.4 is 16.2 Å². The Bertz CT molecular complexity index is 934. The van der Waals surface area contributed by atoms with Crippen molar-refractivity contribution in [2.24, 2.45) is 0 Å². The van der Waals surface area contributed by atoms with Crippen LogP contribution in [0.4, 0.5) is 5.69 Å². The summed E-state index contributed by atoms with van der Waals surface area (Å²) in [6, 6.07) is 8.25. The number of carboxylic acids is 1. The lowest BCUT2D eigenvalue weighted by Gasteiger charge is -2.14.